The summed E-state index contributed by atoms with van der Waals surface area (Å²) < 4.78 is 5.60. The van der Waals surface area contributed by atoms with Crippen LogP contribution in [0.3, 0.4) is 0 Å². The molecular formula is C12H19NO. The molecule has 1 rings (SSSR count). The number of hydrogen-bond donors (Lipinski definition) is 0. The summed E-state index contributed by atoms with van der Waals surface area (Å²) in [6, 6.07) is 9.96. The summed E-state index contributed by atoms with van der Waals surface area (Å²) in [4.78, 5) is 2.35. The average Bonchev–Trinajstić information content (AvgIpc) is 2.26. The van der Waals surface area contributed by atoms with Gasteiger partial charge in [0.25, 0.3) is 0 Å². The van der Waals surface area contributed by atoms with E-state index >= 15 is 0 Å². The Bertz CT molecular complexity index is 231. The highest BCUT2D eigenvalue weighted by atomic mass is 16.5. The van der Waals surface area contributed by atoms with Gasteiger partial charge in [-0.05, 0) is 25.2 Å². The van der Waals surface area contributed by atoms with Crippen molar-refractivity contribution < 1.29 is 4.74 Å². The minimum atomic E-state index is 0.770. The third-order valence-corrected chi connectivity index (χ3v) is 2.31. The molecule has 0 aliphatic heterocycles. The van der Waals surface area contributed by atoms with Gasteiger partial charge in [-0.15, -0.1) is 0 Å². The van der Waals surface area contributed by atoms with E-state index in [2.05, 4.69) is 18.7 Å². The fourth-order valence-electron chi connectivity index (χ4n) is 1.35. The lowest BCUT2D eigenvalue weighted by atomic mass is 10.3. The lowest BCUT2D eigenvalue weighted by Crippen LogP contribution is -2.27. The Hall–Kier alpha value is -1.02. The SMILES string of the molecule is CCN(CC)CCOc1ccccc1. The van der Waals surface area contributed by atoms with Crippen molar-refractivity contribution in [1.82, 2.24) is 4.90 Å². The van der Waals surface area contributed by atoms with E-state index in [-0.39, 0.29) is 0 Å². The monoisotopic (exact) mass is 193 g/mol. The van der Waals surface area contributed by atoms with Gasteiger partial charge < -0.3 is 9.64 Å². The normalized spacial score (nSPS) is 10.5. The second kappa shape index (κ2) is 6.44. The maximum Gasteiger partial charge on any atom is 0.119 e. The van der Waals surface area contributed by atoms with Gasteiger partial charge >= 0.3 is 0 Å². The van der Waals surface area contributed by atoms with Crippen LogP contribution in [0, 0.1) is 0 Å². The van der Waals surface area contributed by atoms with Crippen molar-refractivity contribution >= 4 is 0 Å². The van der Waals surface area contributed by atoms with Crippen LogP contribution in [0.2, 0.25) is 0 Å². The highest BCUT2D eigenvalue weighted by Crippen LogP contribution is 2.07. The topological polar surface area (TPSA) is 12.5 Å². The van der Waals surface area contributed by atoms with Crippen molar-refractivity contribution in [2.24, 2.45) is 0 Å². The molecule has 0 heterocycles. The highest BCUT2D eigenvalue weighted by molar-refractivity contribution is 5.20. The standard InChI is InChI=1S/C12H19NO/c1-3-13(4-2)10-11-14-12-8-6-5-7-9-12/h5-9H,3-4,10-11H2,1-2H3. The van der Waals surface area contributed by atoms with E-state index in [1.54, 1.807) is 0 Å². The van der Waals surface area contributed by atoms with Crippen LogP contribution < -0.4 is 4.74 Å². The van der Waals surface area contributed by atoms with Crippen LogP contribution in [0.15, 0.2) is 30.3 Å². The van der Waals surface area contributed by atoms with Crippen molar-refractivity contribution in [1.29, 1.82) is 0 Å². The zero-order valence-electron chi connectivity index (χ0n) is 9.07. The van der Waals surface area contributed by atoms with Gasteiger partial charge in [0.05, 0.1) is 0 Å². The molecule has 78 valence electrons. The molecule has 14 heavy (non-hydrogen) atoms. The fourth-order valence-corrected chi connectivity index (χ4v) is 1.35. The zero-order chi connectivity index (χ0) is 10.2. The molecule has 0 spiro atoms. The van der Waals surface area contributed by atoms with Crippen LogP contribution in [-0.2, 0) is 0 Å². The summed E-state index contributed by atoms with van der Waals surface area (Å²) in [5.41, 5.74) is 0. The minimum absolute atomic E-state index is 0.770. The van der Waals surface area contributed by atoms with E-state index in [0.717, 1.165) is 32.0 Å². The van der Waals surface area contributed by atoms with Gasteiger partial charge in [-0.2, -0.15) is 0 Å². The molecule has 1 aromatic carbocycles. The number of hydrogen-bond acceptors (Lipinski definition) is 2. The largest absolute Gasteiger partial charge is 0.492 e. The quantitative estimate of drug-likeness (QED) is 0.688. The number of para-hydroxylation sites is 1. The van der Waals surface area contributed by atoms with Gasteiger partial charge in [0.2, 0.25) is 0 Å². The lowest BCUT2D eigenvalue weighted by Gasteiger charge is -2.17. The molecule has 0 aromatic heterocycles. The summed E-state index contributed by atoms with van der Waals surface area (Å²) in [5.74, 6) is 0.958. The molecule has 0 saturated carbocycles. The summed E-state index contributed by atoms with van der Waals surface area (Å²) in [6.07, 6.45) is 0. The van der Waals surface area contributed by atoms with Crippen LogP contribution in [-0.4, -0.2) is 31.1 Å². The van der Waals surface area contributed by atoms with Gasteiger partial charge in [-0.1, -0.05) is 32.0 Å². The lowest BCUT2D eigenvalue weighted by molar-refractivity contribution is 0.223. The molecule has 0 bridgehead atoms. The zero-order valence-corrected chi connectivity index (χ0v) is 9.07. The summed E-state index contributed by atoms with van der Waals surface area (Å²) >= 11 is 0. The molecule has 2 heteroatoms. The molecule has 1 aromatic rings. The van der Waals surface area contributed by atoms with E-state index < -0.39 is 0 Å². The first-order valence-corrected chi connectivity index (χ1v) is 5.27. The number of likely N-dealkylation sites (N-methyl/N-ethyl adjacent to an activating group) is 1. The minimum Gasteiger partial charge on any atom is -0.492 e. The summed E-state index contributed by atoms with van der Waals surface area (Å²) in [7, 11) is 0. The van der Waals surface area contributed by atoms with E-state index in [1.807, 2.05) is 30.3 Å². The molecule has 0 saturated heterocycles. The maximum atomic E-state index is 5.60. The van der Waals surface area contributed by atoms with Gasteiger partial charge in [0, 0.05) is 6.54 Å². The molecule has 0 N–H and O–H groups in total. The third kappa shape index (κ3) is 3.79. The first-order valence-electron chi connectivity index (χ1n) is 5.27. The molecule has 0 radical (unpaired) electrons. The fraction of sp³-hybridized carbons (Fsp3) is 0.500. The van der Waals surface area contributed by atoms with Crippen molar-refractivity contribution in [3.8, 4) is 5.75 Å². The third-order valence-electron chi connectivity index (χ3n) is 2.31. The molecule has 2 nitrogen and oxygen atoms in total. The predicted molar refractivity (Wildman–Crippen MR) is 59.7 cm³/mol. The Balaban J connectivity index is 2.21. The second-order valence-corrected chi connectivity index (χ2v) is 3.19. The number of nitrogens with zero attached hydrogens (tertiary/aromatic N) is 1. The molecule has 0 amide bonds. The van der Waals surface area contributed by atoms with Gasteiger partial charge in [-0.25, -0.2) is 0 Å². The van der Waals surface area contributed by atoms with Gasteiger partial charge in [-0.3, -0.25) is 0 Å². The summed E-state index contributed by atoms with van der Waals surface area (Å²) in [5, 5.41) is 0. The molecule has 0 unspecified atom stereocenters. The molecule has 0 aliphatic rings. The maximum absolute atomic E-state index is 5.60. The number of benzene rings is 1. The Labute approximate surface area is 86.5 Å². The first-order chi connectivity index (χ1) is 6.86. The molecule has 0 aliphatic carbocycles. The van der Waals surface area contributed by atoms with E-state index in [9.17, 15) is 0 Å². The Morgan fingerprint density at radius 3 is 2.29 bits per heavy atom. The van der Waals surface area contributed by atoms with Crippen LogP contribution in [0.1, 0.15) is 13.8 Å². The van der Waals surface area contributed by atoms with Crippen LogP contribution in [0.25, 0.3) is 0 Å². The van der Waals surface area contributed by atoms with E-state index in [0.29, 0.717) is 0 Å². The summed E-state index contributed by atoms with van der Waals surface area (Å²) in [6.45, 7) is 8.30. The molecular weight excluding hydrogens is 174 g/mol. The van der Waals surface area contributed by atoms with Gasteiger partial charge in [0.15, 0.2) is 0 Å². The molecule has 0 atom stereocenters. The van der Waals surface area contributed by atoms with Crippen LogP contribution in [0.4, 0.5) is 0 Å². The smallest absolute Gasteiger partial charge is 0.119 e. The van der Waals surface area contributed by atoms with Gasteiger partial charge in [0.1, 0.15) is 12.4 Å². The molecule has 0 fully saturated rings. The highest BCUT2D eigenvalue weighted by Gasteiger charge is 1.98. The van der Waals surface area contributed by atoms with Crippen LogP contribution in [0.5, 0.6) is 5.75 Å². The van der Waals surface area contributed by atoms with Crippen molar-refractivity contribution in [2.45, 2.75) is 13.8 Å². The first kappa shape index (κ1) is 11.1. The Morgan fingerprint density at radius 2 is 1.71 bits per heavy atom. The van der Waals surface area contributed by atoms with E-state index in [4.69, 9.17) is 4.74 Å². The van der Waals surface area contributed by atoms with Crippen molar-refractivity contribution in [3.63, 3.8) is 0 Å². The Kier molecular flexibility index (Phi) is 5.08. The second-order valence-electron chi connectivity index (χ2n) is 3.19. The predicted octanol–water partition coefficient (Wildman–Crippen LogP) is 2.41. The number of ether oxygens (including phenoxy) is 1. The van der Waals surface area contributed by atoms with Crippen molar-refractivity contribution in [3.05, 3.63) is 30.3 Å². The number of rotatable bonds is 6. The van der Waals surface area contributed by atoms with Crippen molar-refractivity contribution in [2.75, 3.05) is 26.2 Å². The Morgan fingerprint density at radius 1 is 1.07 bits per heavy atom. The average molecular weight is 193 g/mol. The van der Waals surface area contributed by atoms with Crippen LogP contribution >= 0.6 is 0 Å². The van der Waals surface area contributed by atoms with E-state index in [1.165, 1.54) is 0 Å².